The van der Waals surface area contributed by atoms with Crippen molar-refractivity contribution >= 4 is 11.9 Å². The molecule has 0 heterocycles. The van der Waals surface area contributed by atoms with Gasteiger partial charge in [0.05, 0.1) is 14.2 Å². The Kier molecular flexibility index (Phi) is 7.37. The second-order valence-corrected chi connectivity index (χ2v) is 6.54. The SMILES string of the molecule is COc1cc(CN(CC(=O)O)C(=O)C(C)Cc2cccc(F)c2)cc(OC)c1. The highest BCUT2D eigenvalue weighted by atomic mass is 19.1. The van der Waals surface area contributed by atoms with Crippen molar-refractivity contribution < 1.29 is 28.6 Å². The molecule has 1 N–H and O–H groups in total. The molecule has 0 aliphatic rings. The van der Waals surface area contributed by atoms with Gasteiger partial charge in [0.1, 0.15) is 23.9 Å². The van der Waals surface area contributed by atoms with Crippen LogP contribution >= 0.6 is 0 Å². The van der Waals surface area contributed by atoms with Gasteiger partial charge in [0.2, 0.25) is 5.91 Å². The topological polar surface area (TPSA) is 76.1 Å². The Morgan fingerprint density at radius 3 is 2.25 bits per heavy atom. The van der Waals surface area contributed by atoms with Gasteiger partial charge < -0.3 is 19.5 Å². The predicted octanol–water partition coefficient (Wildman–Crippen LogP) is 3.13. The minimum atomic E-state index is -1.11. The van der Waals surface area contributed by atoms with E-state index in [-0.39, 0.29) is 18.3 Å². The van der Waals surface area contributed by atoms with E-state index in [2.05, 4.69) is 0 Å². The number of amides is 1. The van der Waals surface area contributed by atoms with Crippen LogP contribution in [-0.2, 0) is 22.6 Å². The van der Waals surface area contributed by atoms with Crippen LogP contribution in [0.2, 0.25) is 0 Å². The van der Waals surface area contributed by atoms with Crippen molar-refractivity contribution in [2.45, 2.75) is 19.9 Å². The number of hydrogen-bond acceptors (Lipinski definition) is 4. The third kappa shape index (κ3) is 5.97. The summed E-state index contributed by atoms with van der Waals surface area (Å²) in [5.41, 5.74) is 1.36. The molecule has 7 heteroatoms. The Hall–Kier alpha value is -3.09. The molecule has 0 aliphatic heterocycles. The number of carboxylic acid groups (broad SMARTS) is 1. The van der Waals surface area contributed by atoms with E-state index in [1.165, 1.54) is 31.3 Å². The Bertz CT molecular complexity index is 817. The Balaban J connectivity index is 2.20. The summed E-state index contributed by atoms with van der Waals surface area (Å²) < 4.78 is 23.8. The first-order valence-corrected chi connectivity index (χ1v) is 8.79. The first kappa shape index (κ1) is 21.2. The van der Waals surface area contributed by atoms with Crippen molar-refractivity contribution in [1.29, 1.82) is 0 Å². The van der Waals surface area contributed by atoms with Crippen LogP contribution in [-0.4, -0.2) is 42.6 Å². The van der Waals surface area contributed by atoms with Gasteiger partial charge in [-0.15, -0.1) is 0 Å². The standard InChI is InChI=1S/C21H24FNO5/c1-14(7-15-5-4-6-17(22)8-15)21(26)23(13-20(24)25)12-16-9-18(27-2)11-19(10-16)28-3/h4-6,8-11,14H,7,12-13H2,1-3H3,(H,24,25). The summed E-state index contributed by atoms with van der Waals surface area (Å²) in [6.07, 6.45) is 0.314. The number of carbonyl (C=O) groups excluding carboxylic acids is 1. The van der Waals surface area contributed by atoms with Crippen molar-refractivity contribution in [1.82, 2.24) is 4.90 Å². The first-order valence-electron chi connectivity index (χ1n) is 8.79. The molecule has 1 amide bonds. The van der Waals surface area contributed by atoms with Crippen LogP contribution in [0.1, 0.15) is 18.1 Å². The maximum Gasteiger partial charge on any atom is 0.323 e. The van der Waals surface area contributed by atoms with Crippen LogP contribution in [0.5, 0.6) is 11.5 Å². The number of benzene rings is 2. The number of methoxy groups -OCH3 is 2. The molecule has 150 valence electrons. The van der Waals surface area contributed by atoms with Gasteiger partial charge in [0.15, 0.2) is 0 Å². The van der Waals surface area contributed by atoms with Gasteiger partial charge in [-0.2, -0.15) is 0 Å². The van der Waals surface area contributed by atoms with E-state index in [1.54, 1.807) is 37.3 Å². The summed E-state index contributed by atoms with van der Waals surface area (Å²) >= 11 is 0. The number of ether oxygens (including phenoxy) is 2. The quantitative estimate of drug-likeness (QED) is 0.713. The number of rotatable bonds is 9. The Morgan fingerprint density at radius 1 is 1.07 bits per heavy atom. The molecule has 0 bridgehead atoms. The number of aliphatic carboxylic acids is 1. The summed E-state index contributed by atoms with van der Waals surface area (Å²) in [5.74, 6) is -1.22. The number of nitrogens with zero attached hydrogens (tertiary/aromatic N) is 1. The average molecular weight is 389 g/mol. The molecule has 0 fully saturated rings. The van der Waals surface area contributed by atoms with Crippen molar-refractivity contribution in [2.75, 3.05) is 20.8 Å². The zero-order chi connectivity index (χ0) is 20.7. The fraction of sp³-hybridized carbons (Fsp3) is 0.333. The minimum Gasteiger partial charge on any atom is -0.497 e. The summed E-state index contributed by atoms with van der Waals surface area (Å²) in [7, 11) is 3.03. The predicted molar refractivity (Wildman–Crippen MR) is 102 cm³/mol. The highest BCUT2D eigenvalue weighted by Crippen LogP contribution is 2.24. The van der Waals surface area contributed by atoms with Crippen molar-refractivity contribution in [3.05, 3.63) is 59.4 Å². The fourth-order valence-corrected chi connectivity index (χ4v) is 2.97. The second-order valence-electron chi connectivity index (χ2n) is 6.54. The largest absolute Gasteiger partial charge is 0.497 e. The Labute approximate surface area is 163 Å². The third-order valence-electron chi connectivity index (χ3n) is 4.27. The molecule has 6 nitrogen and oxygen atoms in total. The molecule has 0 saturated carbocycles. The third-order valence-corrected chi connectivity index (χ3v) is 4.27. The normalized spacial score (nSPS) is 11.6. The lowest BCUT2D eigenvalue weighted by Gasteiger charge is -2.25. The van der Waals surface area contributed by atoms with E-state index in [9.17, 15) is 19.1 Å². The highest BCUT2D eigenvalue weighted by Gasteiger charge is 2.23. The van der Waals surface area contributed by atoms with Crippen LogP contribution < -0.4 is 9.47 Å². The molecule has 0 aliphatic carbocycles. The van der Waals surface area contributed by atoms with E-state index >= 15 is 0 Å². The molecular formula is C21H24FNO5. The molecule has 2 aromatic rings. The van der Waals surface area contributed by atoms with E-state index in [4.69, 9.17) is 9.47 Å². The number of carbonyl (C=O) groups is 2. The van der Waals surface area contributed by atoms with E-state index in [0.29, 0.717) is 29.0 Å². The average Bonchev–Trinajstić information content (AvgIpc) is 2.66. The smallest absolute Gasteiger partial charge is 0.323 e. The first-order chi connectivity index (χ1) is 13.3. The Morgan fingerprint density at radius 2 is 1.71 bits per heavy atom. The maximum atomic E-state index is 13.4. The van der Waals surface area contributed by atoms with Crippen LogP contribution in [0.25, 0.3) is 0 Å². The lowest BCUT2D eigenvalue weighted by atomic mass is 9.99. The molecule has 1 unspecified atom stereocenters. The molecule has 0 saturated heterocycles. The van der Waals surface area contributed by atoms with Crippen LogP contribution in [0.4, 0.5) is 4.39 Å². The van der Waals surface area contributed by atoms with Gasteiger partial charge in [-0.25, -0.2) is 4.39 Å². The summed E-state index contributed by atoms with van der Waals surface area (Å²) in [6, 6.07) is 11.2. The maximum absolute atomic E-state index is 13.4. The number of carboxylic acids is 1. The lowest BCUT2D eigenvalue weighted by molar-refractivity contribution is -0.146. The minimum absolute atomic E-state index is 0.0895. The summed E-state index contributed by atoms with van der Waals surface area (Å²) in [5, 5.41) is 9.23. The van der Waals surface area contributed by atoms with Crippen LogP contribution in [0.3, 0.4) is 0 Å². The van der Waals surface area contributed by atoms with E-state index in [1.807, 2.05) is 0 Å². The number of halogens is 1. The molecule has 2 aromatic carbocycles. The lowest BCUT2D eigenvalue weighted by Crippen LogP contribution is -2.39. The van der Waals surface area contributed by atoms with Crippen molar-refractivity contribution in [2.24, 2.45) is 5.92 Å². The molecule has 1 atom stereocenters. The molecule has 2 rings (SSSR count). The molecule has 0 aromatic heterocycles. The van der Waals surface area contributed by atoms with Gasteiger partial charge in [0, 0.05) is 18.5 Å². The molecule has 0 radical (unpaired) electrons. The zero-order valence-electron chi connectivity index (χ0n) is 16.1. The van der Waals surface area contributed by atoms with Gasteiger partial charge in [0.25, 0.3) is 0 Å². The highest BCUT2D eigenvalue weighted by molar-refractivity contribution is 5.83. The van der Waals surface area contributed by atoms with Crippen molar-refractivity contribution in [3.8, 4) is 11.5 Å². The summed E-state index contributed by atoms with van der Waals surface area (Å²) in [6.45, 7) is 1.35. The van der Waals surface area contributed by atoms with Gasteiger partial charge >= 0.3 is 5.97 Å². The summed E-state index contributed by atoms with van der Waals surface area (Å²) in [4.78, 5) is 25.4. The van der Waals surface area contributed by atoms with E-state index in [0.717, 1.165) is 0 Å². The second kappa shape index (κ2) is 9.73. The van der Waals surface area contributed by atoms with Gasteiger partial charge in [-0.05, 0) is 41.8 Å². The van der Waals surface area contributed by atoms with Gasteiger partial charge in [-0.1, -0.05) is 19.1 Å². The zero-order valence-corrected chi connectivity index (χ0v) is 16.1. The molecule has 0 spiro atoms. The van der Waals surface area contributed by atoms with Crippen molar-refractivity contribution in [3.63, 3.8) is 0 Å². The van der Waals surface area contributed by atoms with Crippen LogP contribution in [0, 0.1) is 11.7 Å². The number of hydrogen-bond donors (Lipinski definition) is 1. The monoisotopic (exact) mass is 389 g/mol. The van der Waals surface area contributed by atoms with Crippen LogP contribution in [0.15, 0.2) is 42.5 Å². The van der Waals surface area contributed by atoms with E-state index < -0.39 is 18.4 Å². The van der Waals surface area contributed by atoms with Gasteiger partial charge in [-0.3, -0.25) is 9.59 Å². The fourth-order valence-electron chi connectivity index (χ4n) is 2.97. The molecular weight excluding hydrogens is 365 g/mol. The molecule has 28 heavy (non-hydrogen) atoms.